The average Bonchev–Trinajstić information content (AvgIpc) is 2.54. The van der Waals surface area contributed by atoms with E-state index in [0.29, 0.717) is 5.56 Å². The number of hydrogen-bond acceptors (Lipinski definition) is 2. The highest BCUT2D eigenvalue weighted by atomic mass is 79.9. The number of nitrogens with zero attached hydrogens (tertiary/aromatic N) is 1. The number of aryl methyl sites for hydroxylation is 2. The van der Waals surface area contributed by atoms with Gasteiger partial charge >= 0.3 is 0 Å². The summed E-state index contributed by atoms with van der Waals surface area (Å²) in [5.74, 6) is -0.0981. The molecule has 1 aliphatic rings. The third-order valence-electron chi connectivity index (χ3n) is 4.19. The largest absolute Gasteiger partial charge is 0.345 e. The van der Waals surface area contributed by atoms with Crippen LogP contribution in [0, 0.1) is 0 Å². The first-order valence-corrected chi connectivity index (χ1v) is 8.46. The summed E-state index contributed by atoms with van der Waals surface area (Å²) in [5.41, 5.74) is 4.63. The first-order valence-electron chi connectivity index (χ1n) is 7.66. The number of hydrogen-bond donors (Lipinski definition) is 1. The lowest BCUT2D eigenvalue weighted by molar-refractivity contribution is 0.0939. The quantitative estimate of drug-likeness (QED) is 0.892. The molecule has 1 N–H and O–H groups in total. The van der Waals surface area contributed by atoms with Gasteiger partial charge in [-0.3, -0.25) is 9.78 Å². The Labute approximate surface area is 139 Å². The minimum Gasteiger partial charge on any atom is -0.345 e. The number of amides is 1. The van der Waals surface area contributed by atoms with Crippen molar-refractivity contribution in [2.24, 2.45) is 0 Å². The molecule has 0 unspecified atom stereocenters. The first kappa shape index (κ1) is 15.2. The molecule has 1 heterocycles. The summed E-state index contributed by atoms with van der Waals surface area (Å²) in [4.78, 5) is 16.3. The van der Waals surface area contributed by atoms with E-state index in [1.807, 2.05) is 6.92 Å². The Balaban J connectivity index is 1.74. The fraction of sp³-hybridized carbons (Fsp3) is 0.333. The Morgan fingerprint density at radius 3 is 2.73 bits per heavy atom. The number of fused-ring (bicyclic) bond motifs is 1. The molecule has 22 heavy (non-hydrogen) atoms. The Kier molecular flexibility index (Phi) is 4.57. The van der Waals surface area contributed by atoms with Crippen LogP contribution in [0.15, 0.2) is 41.1 Å². The number of carbonyl (C=O) groups excluding carboxylic acids is 1. The molecule has 1 aromatic heterocycles. The average molecular weight is 359 g/mol. The van der Waals surface area contributed by atoms with Crippen LogP contribution in [0.2, 0.25) is 0 Å². The van der Waals surface area contributed by atoms with Crippen molar-refractivity contribution in [2.45, 2.75) is 38.6 Å². The summed E-state index contributed by atoms with van der Waals surface area (Å²) in [7, 11) is 0. The van der Waals surface area contributed by atoms with Crippen LogP contribution in [0.3, 0.4) is 0 Å². The molecule has 0 bridgehead atoms. The maximum absolute atomic E-state index is 12.3. The topological polar surface area (TPSA) is 42.0 Å². The molecule has 2 aromatic rings. The third-order valence-corrected chi connectivity index (χ3v) is 4.62. The van der Waals surface area contributed by atoms with E-state index in [0.717, 1.165) is 16.5 Å². The molecule has 3 nitrogen and oxygen atoms in total. The van der Waals surface area contributed by atoms with Crippen LogP contribution in [-0.2, 0) is 12.8 Å². The minimum atomic E-state index is -0.0981. The van der Waals surface area contributed by atoms with Gasteiger partial charge in [-0.1, -0.05) is 18.2 Å². The van der Waals surface area contributed by atoms with Gasteiger partial charge in [0.2, 0.25) is 0 Å². The second-order valence-corrected chi connectivity index (χ2v) is 6.74. The maximum Gasteiger partial charge on any atom is 0.253 e. The summed E-state index contributed by atoms with van der Waals surface area (Å²) in [6.45, 7) is 2.02. The predicted octanol–water partition coefficient (Wildman–Crippen LogP) is 4.21. The van der Waals surface area contributed by atoms with Gasteiger partial charge in [-0.2, -0.15) is 0 Å². The number of nitrogens with one attached hydrogen (secondary N) is 1. The van der Waals surface area contributed by atoms with Gasteiger partial charge in [0, 0.05) is 16.9 Å². The predicted molar refractivity (Wildman–Crippen MR) is 90.9 cm³/mol. The van der Waals surface area contributed by atoms with Crippen molar-refractivity contribution in [3.05, 3.63) is 63.4 Å². The maximum atomic E-state index is 12.3. The van der Waals surface area contributed by atoms with Gasteiger partial charge in [0.25, 0.3) is 5.91 Å². The van der Waals surface area contributed by atoms with Gasteiger partial charge in [0.05, 0.1) is 11.6 Å². The van der Waals surface area contributed by atoms with Crippen LogP contribution >= 0.6 is 15.9 Å². The van der Waals surface area contributed by atoms with E-state index in [9.17, 15) is 4.79 Å². The highest BCUT2D eigenvalue weighted by Crippen LogP contribution is 2.25. The molecule has 4 heteroatoms. The van der Waals surface area contributed by atoms with Gasteiger partial charge in [-0.25, -0.2) is 0 Å². The fourth-order valence-electron chi connectivity index (χ4n) is 2.92. The highest BCUT2D eigenvalue weighted by molar-refractivity contribution is 9.10. The Morgan fingerprint density at radius 2 is 1.95 bits per heavy atom. The molecule has 3 rings (SSSR count). The molecule has 1 atom stereocenters. The second-order valence-electron chi connectivity index (χ2n) is 5.82. The zero-order valence-corrected chi connectivity index (χ0v) is 14.2. The number of benzene rings is 1. The SMILES string of the molecule is C[C@H](NC(=O)c1cncc(Br)c1)c1ccc2c(c1)CCCC2. The normalized spacial score (nSPS) is 15.0. The fourth-order valence-corrected chi connectivity index (χ4v) is 3.29. The minimum absolute atomic E-state index is 0.0151. The lowest BCUT2D eigenvalue weighted by Crippen LogP contribution is -2.27. The monoisotopic (exact) mass is 358 g/mol. The number of pyridine rings is 1. The van der Waals surface area contributed by atoms with Crippen LogP contribution < -0.4 is 5.32 Å². The van der Waals surface area contributed by atoms with Gasteiger partial charge in [-0.15, -0.1) is 0 Å². The van der Waals surface area contributed by atoms with E-state index < -0.39 is 0 Å². The second kappa shape index (κ2) is 6.61. The Morgan fingerprint density at radius 1 is 1.18 bits per heavy atom. The number of rotatable bonds is 3. The van der Waals surface area contributed by atoms with Crippen LogP contribution in [0.5, 0.6) is 0 Å². The lowest BCUT2D eigenvalue weighted by Gasteiger charge is -2.20. The molecule has 0 radical (unpaired) electrons. The van der Waals surface area contributed by atoms with E-state index in [4.69, 9.17) is 0 Å². The van der Waals surface area contributed by atoms with Crippen molar-refractivity contribution in [2.75, 3.05) is 0 Å². The molecule has 0 spiro atoms. The zero-order chi connectivity index (χ0) is 15.5. The van der Waals surface area contributed by atoms with E-state index in [1.54, 1.807) is 18.5 Å². The number of carbonyl (C=O) groups is 1. The zero-order valence-electron chi connectivity index (χ0n) is 12.6. The Hall–Kier alpha value is -1.68. The molecule has 0 saturated carbocycles. The van der Waals surface area contributed by atoms with E-state index in [2.05, 4.69) is 44.4 Å². The molecule has 1 amide bonds. The van der Waals surface area contributed by atoms with Crippen LogP contribution in [0.4, 0.5) is 0 Å². The third kappa shape index (κ3) is 3.38. The van der Waals surface area contributed by atoms with Gasteiger partial charge in [-0.05, 0) is 71.3 Å². The van der Waals surface area contributed by atoms with Crippen molar-refractivity contribution in [3.8, 4) is 0 Å². The summed E-state index contributed by atoms with van der Waals surface area (Å²) >= 11 is 3.34. The summed E-state index contributed by atoms with van der Waals surface area (Å²) in [6, 6.07) is 8.36. The van der Waals surface area contributed by atoms with Crippen molar-refractivity contribution in [1.82, 2.24) is 10.3 Å². The lowest BCUT2D eigenvalue weighted by atomic mass is 9.89. The van der Waals surface area contributed by atoms with Crippen molar-refractivity contribution < 1.29 is 4.79 Å². The first-order chi connectivity index (χ1) is 10.6. The van der Waals surface area contributed by atoms with Gasteiger partial charge < -0.3 is 5.32 Å². The smallest absolute Gasteiger partial charge is 0.253 e. The molecule has 0 fully saturated rings. The molecular formula is C18H19BrN2O. The molecule has 0 aliphatic heterocycles. The van der Waals surface area contributed by atoms with Crippen LogP contribution in [0.1, 0.15) is 52.9 Å². The van der Waals surface area contributed by atoms with Crippen LogP contribution in [-0.4, -0.2) is 10.9 Å². The van der Waals surface area contributed by atoms with Crippen molar-refractivity contribution in [3.63, 3.8) is 0 Å². The van der Waals surface area contributed by atoms with E-state index >= 15 is 0 Å². The van der Waals surface area contributed by atoms with Crippen molar-refractivity contribution >= 4 is 21.8 Å². The standard InChI is InChI=1S/C18H19BrN2O/c1-12(21-18(22)16-9-17(19)11-20-10-16)14-7-6-13-4-2-3-5-15(13)8-14/h6-12H,2-5H2,1H3,(H,21,22)/t12-/m0/s1. The number of aromatic nitrogens is 1. The molecule has 1 aliphatic carbocycles. The van der Waals surface area contributed by atoms with E-state index in [1.165, 1.54) is 30.4 Å². The molecule has 0 saturated heterocycles. The molecule has 114 valence electrons. The van der Waals surface area contributed by atoms with Gasteiger partial charge in [0.1, 0.15) is 0 Å². The highest BCUT2D eigenvalue weighted by Gasteiger charge is 2.15. The molecule has 1 aromatic carbocycles. The van der Waals surface area contributed by atoms with Crippen molar-refractivity contribution in [1.29, 1.82) is 0 Å². The van der Waals surface area contributed by atoms with E-state index in [-0.39, 0.29) is 11.9 Å². The summed E-state index contributed by atoms with van der Waals surface area (Å²) in [6.07, 6.45) is 8.14. The summed E-state index contributed by atoms with van der Waals surface area (Å²) < 4.78 is 0.807. The Bertz CT molecular complexity index is 699. The van der Waals surface area contributed by atoms with Crippen LogP contribution in [0.25, 0.3) is 0 Å². The molecular weight excluding hydrogens is 340 g/mol. The number of halogens is 1. The van der Waals surface area contributed by atoms with Gasteiger partial charge in [0.15, 0.2) is 0 Å². The summed E-state index contributed by atoms with van der Waals surface area (Å²) in [5, 5.41) is 3.05.